The van der Waals surface area contributed by atoms with Gasteiger partial charge < -0.3 is 19.1 Å². The highest BCUT2D eigenvalue weighted by Gasteiger charge is 2.40. The molecule has 2 aromatic heterocycles. The van der Waals surface area contributed by atoms with E-state index in [9.17, 15) is 4.79 Å². The number of hydrogen-bond donors (Lipinski definition) is 0. The van der Waals surface area contributed by atoms with Crippen molar-refractivity contribution in [3.63, 3.8) is 0 Å². The molecule has 8 heteroatoms. The zero-order chi connectivity index (χ0) is 23.3. The molecule has 2 atom stereocenters. The van der Waals surface area contributed by atoms with Crippen molar-refractivity contribution in [2.24, 2.45) is 5.92 Å². The fourth-order valence-corrected chi connectivity index (χ4v) is 5.44. The maximum absolute atomic E-state index is 13.1. The zero-order valence-electron chi connectivity index (χ0n) is 19.4. The first-order chi connectivity index (χ1) is 15.9. The van der Waals surface area contributed by atoms with E-state index in [0.29, 0.717) is 35.5 Å². The number of fused-ring (bicyclic) bond motifs is 4. The van der Waals surface area contributed by atoms with E-state index in [0.717, 1.165) is 59.3 Å². The van der Waals surface area contributed by atoms with Gasteiger partial charge >= 0.3 is 0 Å². The maximum Gasteiger partial charge on any atom is 0.261 e. The van der Waals surface area contributed by atoms with Gasteiger partial charge in [-0.1, -0.05) is 11.6 Å². The van der Waals surface area contributed by atoms with Crippen molar-refractivity contribution in [3.8, 4) is 17.2 Å². The number of rotatable bonds is 5. The van der Waals surface area contributed by atoms with Crippen molar-refractivity contribution in [1.29, 1.82) is 0 Å². The summed E-state index contributed by atoms with van der Waals surface area (Å²) >= 11 is 6.10. The summed E-state index contributed by atoms with van der Waals surface area (Å²) in [6.07, 6.45) is 2.28. The second-order valence-electron chi connectivity index (χ2n) is 8.90. The third-order valence-electron chi connectivity index (χ3n) is 7.01. The van der Waals surface area contributed by atoms with E-state index in [1.165, 1.54) is 0 Å². The minimum Gasteiger partial charge on any atom is -0.496 e. The van der Waals surface area contributed by atoms with Crippen LogP contribution in [0, 0.1) is 19.8 Å². The van der Waals surface area contributed by atoms with E-state index in [4.69, 9.17) is 25.8 Å². The normalized spacial score (nSPS) is 19.8. The Hall–Kier alpha value is -2.77. The fraction of sp³-hybridized carbons (Fsp3) is 0.440. The molecule has 5 rings (SSSR count). The van der Waals surface area contributed by atoms with Crippen molar-refractivity contribution in [1.82, 2.24) is 14.3 Å². The lowest BCUT2D eigenvalue weighted by molar-refractivity contribution is 0.203. The van der Waals surface area contributed by atoms with Gasteiger partial charge in [-0.25, -0.2) is 4.98 Å². The number of hydrogen-bond acceptors (Lipinski definition) is 6. The van der Waals surface area contributed by atoms with Gasteiger partial charge in [0.25, 0.3) is 5.56 Å². The van der Waals surface area contributed by atoms with Crippen LogP contribution in [0.1, 0.15) is 28.3 Å². The number of nitrogens with zero attached hydrogens (tertiary/aromatic N) is 3. The quantitative estimate of drug-likeness (QED) is 0.568. The SMILES string of the molecule is COc1cc2c(c(OC)c1C)OC[C@H]1CN(CCc3c(C)nc4ccc(Cl)cn4c3=O)C[C@@H]21. The number of pyridine rings is 1. The smallest absolute Gasteiger partial charge is 0.261 e. The molecule has 33 heavy (non-hydrogen) atoms. The number of aromatic nitrogens is 2. The molecular formula is C25H28ClN3O4. The number of halogens is 1. The summed E-state index contributed by atoms with van der Waals surface area (Å²) in [5.74, 6) is 3.14. The van der Waals surface area contributed by atoms with Crippen LogP contribution < -0.4 is 19.8 Å². The molecule has 0 unspecified atom stereocenters. The molecule has 0 bridgehead atoms. The van der Waals surface area contributed by atoms with Crippen LogP contribution in [0.15, 0.2) is 29.2 Å². The van der Waals surface area contributed by atoms with Crippen LogP contribution >= 0.6 is 11.6 Å². The van der Waals surface area contributed by atoms with Gasteiger partial charge in [0.2, 0.25) is 0 Å². The lowest BCUT2D eigenvalue weighted by Crippen LogP contribution is -2.28. The molecule has 3 aromatic rings. The topological polar surface area (TPSA) is 65.3 Å². The Balaban J connectivity index is 1.38. The Morgan fingerprint density at radius 1 is 1.21 bits per heavy atom. The van der Waals surface area contributed by atoms with E-state index >= 15 is 0 Å². The van der Waals surface area contributed by atoms with Crippen LogP contribution in [-0.2, 0) is 6.42 Å². The molecule has 1 saturated heterocycles. The summed E-state index contributed by atoms with van der Waals surface area (Å²) in [5.41, 5.74) is 4.18. The van der Waals surface area contributed by atoms with Gasteiger partial charge in [-0.15, -0.1) is 0 Å². The van der Waals surface area contributed by atoms with Crippen molar-refractivity contribution in [2.75, 3.05) is 40.5 Å². The first-order valence-corrected chi connectivity index (χ1v) is 11.6. The second kappa shape index (κ2) is 8.54. The minimum absolute atomic E-state index is 0.0461. The Morgan fingerprint density at radius 2 is 2.03 bits per heavy atom. The number of methoxy groups -OCH3 is 2. The van der Waals surface area contributed by atoms with Crippen LogP contribution in [0.25, 0.3) is 5.65 Å². The second-order valence-corrected chi connectivity index (χ2v) is 9.34. The third-order valence-corrected chi connectivity index (χ3v) is 7.24. The molecule has 7 nitrogen and oxygen atoms in total. The average Bonchev–Trinajstić information content (AvgIpc) is 3.22. The lowest BCUT2D eigenvalue weighted by Gasteiger charge is -2.30. The Kier molecular flexibility index (Phi) is 5.70. The van der Waals surface area contributed by atoms with Gasteiger partial charge in [0.15, 0.2) is 11.5 Å². The van der Waals surface area contributed by atoms with E-state index in [1.54, 1.807) is 36.9 Å². The minimum atomic E-state index is -0.0461. The highest BCUT2D eigenvalue weighted by Crippen LogP contribution is 2.49. The molecule has 0 aliphatic carbocycles. The molecule has 4 heterocycles. The molecule has 2 aliphatic heterocycles. The van der Waals surface area contributed by atoms with Gasteiger partial charge in [-0.3, -0.25) is 9.20 Å². The molecule has 1 aromatic carbocycles. The summed E-state index contributed by atoms with van der Waals surface area (Å²) in [7, 11) is 3.35. The first kappa shape index (κ1) is 22.0. The summed E-state index contributed by atoms with van der Waals surface area (Å²) in [5, 5.41) is 0.518. The molecule has 0 radical (unpaired) electrons. The molecule has 0 saturated carbocycles. The third kappa shape index (κ3) is 3.73. The largest absolute Gasteiger partial charge is 0.496 e. The van der Waals surface area contributed by atoms with Crippen LogP contribution in [-0.4, -0.2) is 54.7 Å². The number of aryl methyl sites for hydroxylation is 1. The monoisotopic (exact) mass is 469 g/mol. The number of likely N-dealkylation sites (tertiary alicyclic amines) is 1. The van der Waals surface area contributed by atoms with Crippen LogP contribution in [0.2, 0.25) is 5.02 Å². The van der Waals surface area contributed by atoms with Gasteiger partial charge in [0, 0.05) is 60.1 Å². The standard InChI is InChI=1S/C25H28ClN3O4/c1-14-21(31-3)9-19-20-12-28(10-16(20)13-33-24(19)23(14)32-4)8-7-18-15(2)27-22-6-5-17(26)11-29(22)25(18)30/h5-6,9,11,16,20H,7-8,10,12-13H2,1-4H3/t16-,20-/m1/s1. The maximum atomic E-state index is 13.1. The van der Waals surface area contributed by atoms with Crippen molar-refractivity contribution in [2.45, 2.75) is 26.2 Å². The number of ether oxygens (including phenoxy) is 3. The van der Waals surface area contributed by atoms with E-state index in [-0.39, 0.29) is 5.56 Å². The van der Waals surface area contributed by atoms with Gasteiger partial charge in [-0.2, -0.15) is 0 Å². The molecular weight excluding hydrogens is 442 g/mol. The number of benzene rings is 1. The Morgan fingerprint density at radius 3 is 2.79 bits per heavy atom. The predicted octanol–water partition coefficient (Wildman–Crippen LogP) is 3.63. The van der Waals surface area contributed by atoms with Gasteiger partial charge in [0.1, 0.15) is 11.4 Å². The van der Waals surface area contributed by atoms with E-state index in [1.807, 2.05) is 13.8 Å². The van der Waals surface area contributed by atoms with Crippen LogP contribution in [0.5, 0.6) is 17.2 Å². The highest BCUT2D eigenvalue weighted by molar-refractivity contribution is 6.30. The molecule has 0 spiro atoms. The summed E-state index contributed by atoms with van der Waals surface area (Å²) in [6.45, 7) is 7.17. The fourth-order valence-electron chi connectivity index (χ4n) is 5.28. The van der Waals surface area contributed by atoms with E-state index in [2.05, 4.69) is 16.0 Å². The van der Waals surface area contributed by atoms with Crippen molar-refractivity contribution in [3.05, 3.63) is 62.2 Å². The summed E-state index contributed by atoms with van der Waals surface area (Å²) in [6, 6.07) is 5.62. The van der Waals surface area contributed by atoms with Crippen LogP contribution in [0.3, 0.4) is 0 Å². The van der Waals surface area contributed by atoms with Crippen molar-refractivity contribution < 1.29 is 14.2 Å². The molecule has 1 fully saturated rings. The molecule has 0 N–H and O–H groups in total. The van der Waals surface area contributed by atoms with Gasteiger partial charge in [-0.05, 0) is 38.5 Å². The Bertz CT molecular complexity index is 1290. The summed E-state index contributed by atoms with van der Waals surface area (Å²) < 4.78 is 19.0. The molecule has 2 aliphatic rings. The lowest BCUT2D eigenvalue weighted by atomic mass is 9.86. The summed E-state index contributed by atoms with van der Waals surface area (Å²) in [4.78, 5) is 20.1. The molecule has 174 valence electrons. The molecule has 0 amide bonds. The van der Waals surface area contributed by atoms with E-state index < -0.39 is 0 Å². The van der Waals surface area contributed by atoms with Gasteiger partial charge in [0.05, 0.1) is 25.8 Å². The Labute approximate surface area is 197 Å². The van der Waals surface area contributed by atoms with Crippen LogP contribution in [0.4, 0.5) is 0 Å². The average molecular weight is 470 g/mol. The highest BCUT2D eigenvalue weighted by atomic mass is 35.5. The predicted molar refractivity (Wildman–Crippen MR) is 127 cm³/mol. The van der Waals surface area contributed by atoms with Crippen molar-refractivity contribution >= 4 is 17.2 Å². The first-order valence-electron chi connectivity index (χ1n) is 11.2. The zero-order valence-corrected chi connectivity index (χ0v) is 20.1.